The SMILES string of the molecule is COCCCCNC(C)c1ccc(C(=O)OC)o1. The van der Waals surface area contributed by atoms with E-state index in [0.29, 0.717) is 0 Å². The molecule has 5 heteroatoms. The number of unbranched alkanes of at least 4 members (excludes halogenated alkanes) is 1. The highest BCUT2D eigenvalue weighted by molar-refractivity contribution is 5.86. The van der Waals surface area contributed by atoms with E-state index in [-0.39, 0.29) is 11.8 Å². The summed E-state index contributed by atoms with van der Waals surface area (Å²) >= 11 is 0. The third-order valence-electron chi connectivity index (χ3n) is 2.67. The summed E-state index contributed by atoms with van der Waals surface area (Å²) in [5.41, 5.74) is 0. The van der Waals surface area contributed by atoms with Crippen LogP contribution in [-0.2, 0) is 9.47 Å². The molecule has 1 aromatic heterocycles. The van der Waals surface area contributed by atoms with Crippen molar-refractivity contribution in [2.75, 3.05) is 27.4 Å². The molecule has 0 radical (unpaired) electrons. The van der Waals surface area contributed by atoms with Gasteiger partial charge in [-0.15, -0.1) is 0 Å². The minimum atomic E-state index is -0.450. The highest BCUT2D eigenvalue weighted by Crippen LogP contribution is 2.16. The first kappa shape index (κ1) is 14.7. The topological polar surface area (TPSA) is 60.7 Å². The molecule has 1 rings (SSSR count). The Morgan fingerprint density at radius 3 is 2.83 bits per heavy atom. The molecule has 0 saturated carbocycles. The summed E-state index contributed by atoms with van der Waals surface area (Å²) in [7, 11) is 3.04. The number of methoxy groups -OCH3 is 2. The summed E-state index contributed by atoms with van der Waals surface area (Å²) in [6.45, 7) is 3.66. The molecule has 0 aliphatic carbocycles. The van der Waals surface area contributed by atoms with E-state index < -0.39 is 5.97 Å². The second-order valence-corrected chi connectivity index (χ2v) is 4.07. The van der Waals surface area contributed by atoms with Crippen LogP contribution in [0.2, 0.25) is 0 Å². The zero-order valence-electron chi connectivity index (χ0n) is 11.2. The molecule has 0 spiro atoms. The average molecular weight is 255 g/mol. The Morgan fingerprint density at radius 2 is 2.17 bits per heavy atom. The van der Waals surface area contributed by atoms with Crippen LogP contribution in [0.3, 0.4) is 0 Å². The van der Waals surface area contributed by atoms with E-state index in [1.807, 2.05) is 6.92 Å². The summed E-state index contributed by atoms with van der Waals surface area (Å²) in [6.07, 6.45) is 2.07. The fourth-order valence-electron chi connectivity index (χ4n) is 1.59. The van der Waals surface area contributed by atoms with E-state index in [0.717, 1.165) is 31.8 Å². The average Bonchev–Trinajstić information content (AvgIpc) is 2.87. The molecule has 0 saturated heterocycles. The standard InChI is InChI=1S/C13H21NO4/c1-10(14-8-4-5-9-16-2)11-6-7-12(18-11)13(15)17-3/h6-7,10,14H,4-5,8-9H2,1-3H3. The maximum absolute atomic E-state index is 11.2. The van der Waals surface area contributed by atoms with Crippen LogP contribution in [0.1, 0.15) is 42.1 Å². The fourth-order valence-corrected chi connectivity index (χ4v) is 1.59. The number of rotatable bonds is 8. The quantitative estimate of drug-likeness (QED) is 0.569. The Bertz CT molecular complexity index is 362. The third kappa shape index (κ3) is 4.50. The van der Waals surface area contributed by atoms with Crippen molar-refractivity contribution in [3.05, 3.63) is 23.7 Å². The van der Waals surface area contributed by atoms with Gasteiger partial charge in [0.15, 0.2) is 0 Å². The maximum atomic E-state index is 11.2. The predicted molar refractivity (Wildman–Crippen MR) is 67.6 cm³/mol. The summed E-state index contributed by atoms with van der Waals surface area (Å²) in [5.74, 6) is 0.524. The van der Waals surface area contributed by atoms with Gasteiger partial charge in [0.2, 0.25) is 5.76 Å². The van der Waals surface area contributed by atoms with Crippen LogP contribution in [0, 0.1) is 0 Å². The zero-order chi connectivity index (χ0) is 13.4. The molecule has 1 atom stereocenters. The summed E-state index contributed by atoms with van der Waals surface area (Å²) in [5, 5.41) is 3.33. The molecule has 0 aliphatic rings. The lowest BCUT2D eigenvalue weighted by molar-refractivity contribution is 0.0562. The Morgan fingerprint density at radius 1 is 1.39 bits per heavy atom. The fraction of sp³-hybridized carbons (Fsp3) is 0.615. The molecule has 1 unspecified atom stereocenters. The number of esters is 1. The number of hydrogen-bond donors (Lipinski definition) is 1. The van der Waals surface area contributed by atoms with Gasteiger partial charge in [0, 0.05) is 13.7 Å². The van der Waals surface area contributed by atoms with Gasteiger partial charge in [-0.25, -0.2) is 4.79 Å². The van der Waals surface area contributed by atoms with Gasteiger partial charge < -0.3 is 19.2 Å². The second kappa shape index (κ2) is 7.89. The molecule has 0 aliphatic heterocycles. The smallest absolute Gasteiger partial charge is 0.373 e. The molecule has 0 aromatic carbocycles. The van der Waals surface area contributed by atoms with Gasteiger partial charge in [0.05, 0.1) is 13.2 Å². The normalized spacial score (nSPS) is 12.4. The number of ether oxygens (including phenoxy) is 2. The second-order valence-electron chi connectivity index (χ2n) is 4.07. The number of hydrogen-bond acceptors (Lipinski definition) is 5. The number of carbonyl (C=O) groups is 1. The Labute approximate surface area is 107 Å². The molecule has 1 N–H and O–H groups in total. The number of carbonyl (C=O) groups excluding carboxylic acids is 1. The molecule has 18 heavy (non-hydrogen) atoms. The van der Waals surface area contributed by atoms with Gasteiger partial charge in [-0.05, 0) is 38.4 Å². The van der Waals surface area contributed by atoms with Gasteiger partial charge in [0.1, 0.15) is 5.76 Å². The lowest BCUT2D eigenvalue weighted by Gasteiger charge is -2.10. The number of furan rings is 1. The molecular formula is C13H21NO4. The van der Waals surface area contributed by atoms with Gasteiger partial charge in [-0.1, -0.05) is 0 Å². The molecule has 0 bridgehead atoms. The van der Waals surface area contributed by atoms with E-state index in [1.54, 1.807) is 19.2 Å². The Balaban J connectivity index is 2.35. The summed E-state index contributed by atoms with van der Waals surface area (Å²) < 4.78 is 15.0. The molecule has 0 amide bonds. The Hall–Kier alpha value is -1.33. The molecule has 102 valence electrons. The van der Waals surface area contributed by atoms with Crippen molar-refractivity contribution >= 4 is 5.97 Å². The van der Waals surface area contributed by atoms with E-state index in [4.69, 9.17) is 9.15 Å². The molecule has 5 nitrogen and oxygen atoms in total. The van der Waals surface area contributed by atoms with Crippen molar-refractivity contribution in [3.63, 3.8) is 0 Å². The van der Waals surface area contributed by atoms with Crippen LogP contribution in [0.4, 0.5) is 0 Å². The molecule has 0 fully saturated rings. The largest absolute Gasteiger partial charge is 0.463 e. The first-order valence-electron chi connectivity index (χ1n) is 6.09. The van der Waals surface area contributed by atoms with Crippen LogP contribution in [0.25, 0.3) is 0 Å². The van der Waals surface area contributed by atoms with Crippen molar-refractivity contribution < 1.29 is 18.7 Å². The van der Waals surface area contributed by atoms with Crippen LogP contribution >= 0.6 is 0 Å². The molecule has 1 aromatic rings. The molecular weight excluding hydrogens is 234 g/mol. The first-order valence-corrected chi connectivity index (χ1v) is 6.09. The van der Waals surface area contributed by atoms with Crippen molar-refractivity contribution in [2.24, 2.45) is 0 Å². The van der Waals surface area contributed by atoms with Gasteiger partial charge in [-0.2, -0.15) is 0 Å². The lowest BCUT2D eigenvalue weighted by atomic mass is 10.2. The van der Waals surface area contributed by atoms with Crippen molar-refractivity contribution in [1.29, 1.82) is 0 Å². The van der Waals surface area contributed by atoms with Crippen molar-refractivity contribution in [1.82, 2.24) is 5.32 Å². The Kier molecular flexibility index (Phi) is 6.46. The minimum absolute atomic E-state index is 0.0750. The van der Waals surface area contributed by atoms with E-state index in [2.05, 4.69) is 10.1 Å². The predicted octanol–water partition coefficient (Wildman–Crippen LogP) is 2.14. The number of nitrogens with one attached hydrogen (secondary N) is 1. The van der Waals surface area contributed by atoms with Gasteiger partial charge >= 0.3 is 5.97 Å². The van der Waals surface area contributed by atoms with Crippen LogP contribution < -0.4 is 5.32 Å². The summed E-state index contributed by atoms with van der Waals surface area (Å²) in [6, 6.07) is 3.49. The third-order valence-corrected chi connectivity index (χ3v) is 2.67. The van der Waals surface area contributed by atoms with Gasteiger partial charge in [-0.3, -0.25) is 0 Å². The van der Waals surface area contributed by atoms with Crippen LogP contribution in [0.15, 0.2) is 16.5 Å². The lowest BCUT2D eigenvalue weighted by Crippen LogP contribution is -2.19. The van der Waals surface area contributed by atoms with E-state index >= 15 is 0 Å². The van der Waals surface area contributed by atoms with Crippen molar-refractivity contribution in [3.8, 4) is 0 Å². The minimum Gasteiger partial charge on any atom is -0.463 e. The maximum Gasteiger partial charge on any atom is 0.373 e. The monoisotopic (exact) mass is 255 g/mol. The van der Waals surface area contributed by atoms with Crippen LogP contribution in [0.5, 0.6) is 0 Å². The van der Waals surface area contributed by atoms with Crippen LogP contribution in [-0.4, -0.2) is 33.3 Å². The van der Waals surface area contributed by atoms with Crippen molar-refractivity contribution in [2.45, 2.75) is 25.8 Å². The zero-order valence-corrected chi connectivity index (χ0v) is 11.2. The molecule has 1 heterocycles. The highest BCUT2D eigenvalue weighted by atomic mass is 16.5. The van der Waals surface area contributed by atoms with Gasteiger partial charge in [0.25, 0.3) is 0 Å². The summed E-state index contributed by atoms with van der Waals surface area (Å²) in [4.78, 5) is 11.2. The van der Waals surface area contributed by atoms with E-state index in [9.17, 15) is 4.79 Å². The van der Waals surface area contributed by atoms with E-state index in [1.165, 1.54) is 7.11 Å². The first-order chi connectivity index (χ1) is 8.69. The highest BCUT2D eigenvalue weighted by Gasteiger charge is 2.14.